The van der Waals surface area contributed by atoms with Crippen LogP contribution in [0.5, 0.6) is 5.75 Å². The van der Waals surface area contributed by atoms with E-state index < -0.39 is 10.0 Å². The molecule has 132 valence electrons. The van der Waals surface area contributed by atoms with Gasteiger partial charge in [0.1, 0.15) is 5.75 Å². The molecule has 1 fully saturated rings. The second-order valence-corrected chi connectivity index (χ2v) is 7.81. The molecule has 1 amide bonds. The molecule has 0 spiro atoms. The summed E-state index contributed by atoms with van der Waals surface area (Å²) in [6, 6.07) is 13.1. The van der Waals surface area contributed by atoms with Crippen LogP contribution in [0.25, 0.3) is 0 Å². The van der Waals surface area contributed by atoms with Crippen LogP contribution in [0, 0.1) is 0 Å². The van der Waals surface area contributed by atoms with Gasteiger partial charge in [0.15, 0.2) is 0 Å². The van der Waals surface area contributed by atoms with Crippen LogP contribution in [-0.4, -0.2) is 25.5 Å². The summed E-state index contributed by atoms with van der Waals surface area (Å²) in [5, 5.41) is 12.4. The van der Waals surface area contributed by atoms with Gasteiger partial charge < -0.3 is 10.4 Å². The average Bonchev–Trinajstić information content (AvgIpc) is 3.38. The van der Waals surface area contributed by atoms with Crippen LogP contribution in [-0.2, 0) is 21.2 Å². The van der Waals surface area contributed by atoms with Gasteiger partial charge in [-0.05, 0) is 49.1 Å². The fourth-order valence-electron chi connectivity index (χ4n) is 2.42. The van der Waals surface area contributed by atoms with E-state index >= 15 is 0 Å². The molecule has 0 saturated heterocycles. The minimum atomic E-state index is -3.55. The maximum absolute atomic E-state index is 12.2. The van der Waals surface area contributed by atoms with Gasteiger partial charge in [0.05, 0.1) is 4.90 Å². The Bertz CT molecular complexity index is 876. The first-order valence-electron chi connectivity index (χ1n) is 8.13. The lowest BCUT2D eigenvalue weighted by atomic mass is 10.1. The topological polar surface area (TPSA) is 95.5 Å². The molecule has 6 nitrogen and oxygen atoms in total. The van der Waals surface area contributed by atoms with Crippen molar-refractivity contribution in [3.05, 3.63) is 54.1 Å². The van der Waals surface area contributed by atoms with E-state index in [1.165, 1.54) is 12.1 Å². The molecule has 3 N–H and O–H groups in total. The van der Waals surface area contributed by atoms with Crippen molar-refractivity contribution in [1.82, 2.24) is 4.72 Å². The molecule has 0 bridgehead atoms. The highest BCUT2D eigenvalue weighted by Gasteiger charge is 2.28. The quantitative estimate of drug-likeness (QED) is 0.706. The van der Waals surface area contributed by atoms with Crippen LogP contribution in [0.4, 0.5) is 5.69 Å². The Morgan fingerprint density at radius 2 is 1.88 bits per heavy atom. The number of carbonyl (C=O) groups excluding carboxylic acids is 1. The lowest BCUT2D eigenvalue weighted by Crippen LogP contribution is -2.25. The molecule has 0 atom stereocenters. The highest BCUT2D eigenvalue weighted by atomic mass is 32.2. The second-order valence-electron chi connectivity index (χ2n) is 6.10. The van der Waals surface area contributed by atoms with E-state index in [0.717, 1.165) is 12.8 Å². The molecule has 1 saturated carbocycles. The van der Waals surface area contributed by atoms with E-state index in [0.29, 0.717) is 17.7 Å². The third-order valence-corrected chi connectivity index (χ3v) is 5.46. The van der Waals surface area contributed by atoms with Crippen LogP contribution >= 0.6 is 0 Å². The summed E-state index contributed by atoms with van der Waals surface area (Å²) in [5.74, 6) is -0.0810. The number of hydrogen-bond donors (Lipinski definition) is 3. The van der Waals surface area contributed by atoms with Crippen molar-refractivity contribution < 1.29 is 18.3 Å². The third-order valence-electron chi connectivity index (χ3n) is 3.94. The predicted molar refractivity (Wildman–Crippen MR) is 94.8 cm³/mol. The Morgan fingerprint density at radius 1 is 1.12 bits per heavy atom. The zero-order valence-electron chi connectivity index (χ0n) is 13.6. The van der Waals surface area contributed by atoms with E-state index in [1.54, 1.807) is 36.4 Å². The van der Waals surface area contributed by atoms with Crippen LogP contribution in [0.2, 0.25) is 0 Å². The number of phenols is 1. The van der Waals surface area contributed by atoms with Gasteiger partial charge in [-0.15, -0.1) is 0 Å². The molecule has 0 heterocycles. The van der Waals surface area contributed by atoms with Gasteiger partial charge in [-0.25, -0.2) is 13.1 Å². The first-order valence-corrected chi connectivity index (χ1v) is 9.61. The normalized spacial score (nSPS) is 14.2. The minimum absolute atomic E-state index is 0.0294. The monoisotopic (exact) mass is 360 g/mol. The molecule has 0 unspecified atom stereocenters. The molecule has 3 rings (SSSR count). The molecule has 1 aliphatic carbocycles. The number of anilines is 1. The molecule has 2 aromatic carbocycles. The highest BCUT2D eigenvalue weighted by Crippen LogP contribution is 2.23. The number of nitrogens with one attached hydrogen (secondary N) is 2. The number of para-hydroxylation sites is 1. The zero-order valence-corrected chi connectivity index (χ0v) is 14.4. The standard InChI is InChI=1S/C18H20N2O4S/c21-17-7-2-1-4-13(17)8-11-18(22)19-15-5-3-6-16(12-15)25(23,24)20-14-9-10-14/h1-7,12,14,20-21H,8-11H2,(H,19,22). The number of amides is 1. The largest absolute Gasteiger partial charge is 0.508 e. The van der Waals surface area contributed by atoms with Crippen LogP contribution in [0.3, 0.4) is 0 Å². The number of benzene rings is 2. The Balaban J connectivity index is 1.61. The summed E-state index contributed by atoms with van der Waals surface area (Å²) in [7, 11) is -3.55. The highest BCUT2D eigenvalue weighted by molar-refractivity contribution is 7.89. The van der Waals surface area contributed by atoms with Crippen molar-refractivity contribution >= 4 is 21.6 Å². The summed E-state index contributed by atoms with van der Waals surface area (Å²) in [5.41, 5.74) is 1.13. The lowest BCUT2D eigenvalue weighted by Gasteiger charge is -2.09. The number of rotatable bonds is 7. The van der Waals surface area contributed by atoms with Crippen molar-refractivity contribution in [1.29, 1.82) is 0 Å². The molecule has 25 heavy (non-hydrogen) atoms. The second kappa shape index (κ2) is 7.25. The minimum Gasteiger partial charge on any atom is -0.508 e. The number of hydrogen-bond acceptors (Lipinski definition) is 4. The van der Waals surface area contributed by atoms with Gasteiger partial charge in [-0.2, -0.15) is 0 Å². The third kappa shape index (κ3) is 4.80. The Morgan fingerprint density at radius 3 is 2.60 bits per heavy atom. The van der Waals surface area contributed by atoms with Gasteiger partial charge >= 0.3 is 0 Å². The van der Waals surface area contributed by atoms with E-state index in [2.05, 4.69) is 10.0 Å². The number of sulfonamides is 1. The molecule has 0 aliphatic heterocycles. The summed E-state index contributed by atoms with van der Waals surface area (Å²) in [4.78, 5) is 12.2. The molecule has 0 radical (unpaired) electrons. The Labute approximate surface area is 146 Å². The summed E-state index contributed by atoms with van der Waals surface area (Å²) >= 11 is 0. The Kier molecular flexibility index (Phi) is 5.06. The molecular formula is C18H20N2O4S. The number of aromatic hydroxyl groups is 1. The zero-order chi connectivity index (χ0) is 17.9. The molecular weight excluding hydrogens is 340 g/mol. The molecule has 0 aromatic heterocycles. The first kappa shape index (κ1) is 17.4. The fraction of sp³-hybridized carbons (Fsp3) is 0.278. The Hall–Kier alpha value is -2.38. The van der Waals surface area contributed by atoms with Crippen molar-refractivity contribution in [2.24, 2.45) is 0 Å². The number of phenolic OH excluding ortho intramolecular Hbond substituents is 1. The van der Waals surface area contributed by atoms with Crippen LogP contribution in [0.1, 0.15) is 24.8 Å². The SMILES string of the molecule is O=C(CCc1ccccc1O)Nc1cccc(S(=O)(=O)NC2CC2)c1. The van der Waals surface area contributed by atoms with Crippen LogP contribution < -0.4 is 10.0 Å². The van der Waals surface area contributed by atoms with Gasteiger partial charge in [-0.1, -0.05) is 24.3 Å². The average molecular weight is 360 g/mol. The number of aryl methyl sites for hydroxylation is 1. The van der Waals surface area contributed by atoms with E-state index in [1.807, 2.05) is 0 Å². The van der Waals surface area contributed by atoms with E-state index in [4.69, 9.17) is 0 Å². The van der Waals surface area contributed by atoms with E-state index in [-0.39, 0.29) is 29.0 Å². The van der Waals surface area contributed by atoms with Crippen LogP contribution in [0.15, 0.2) is 53.4 Å². The molecule has 2 aromatic rings. The van der Waals surface area contributed by atoms with Gasteiger partial charge in [0.25, 0.3) is 0 Å². The van der Waals surface area contributed by atoms with Gasteiger partial charge in [-0.3, -0.25) is 4.79 Å². The maximum atomic E-state index is 12.2. The fourth-order valence-corrected chi connectivity index (χ4v) is 3.77. The summed E-state index contributed by atoms with van der Waals surface area (Å²) in [6.07, 6.45) is 2.32. The lowest BCUT2D eigenvalue weighted by molar-refractivity contribution is -0.116. The molecule has 1 aliphatic rings. The predicted octanol–water partition coefficient (Wildman–Crippen LogP) is 2.40. The van der Waals surface area contributed by atoms with E-state index in [9.17, 15) is 18.3 Å². The van der Waals surface area contributed by atoms with Crippen molar-refractivity contribution in [2.45, 2.75) is 36.6 Å². The summed E-state index contributed by atoms with van der Waals surface area (Å²) in [6.45, 7) is 0. The van der Waals surface area contributed by atoms with Gasteiger partial charge in [0, 0.05) is 18.2 Å². The first-order chi connectivity index (χ1) is 11.9. The van der Waals surface area contributed by atoms with Crippen molar-refractivity contribution in [3.63, 3.8) is 0 Å². The maximum Gasteiger partial charge on any atom is 0.240 e. The smallest absolute Gasteiger partial charge is 0.240 e. The van der Waals surface area contributed by atoms with Gasteiger partial charge in [0.2, 0.25) is 15.9 Å². The molecule has 7 heteroatoms. The van der Waals surface area contributed by atoms with Crippen molar-refractivity contribution in [3.8, 4) is 5.75 Å². The number of carbonyl (C=O) groups is 1. The van der Waals surface area contributed by atoms with Crippen molar-refractivity contribution in [2.75, 3.05) is 5.32 Å². The summed E-state index contributed by atoms with van der Waals surface area (Å²) < 4.78 is 27.0.